The first-order chi connectivity index (χ1) is 5.45. The van der Waals surface area contributed by atoms with Crippen molar-refractivity contribution in [1.82, 2.24) is 0 Å². The van der Waals surface area contributed by atoms with Gasteiger partial charge in [-0.3, -0.25) is 0 Å². The molecule has 0 amide bonds. The van der Waals surface area contributed by atoms with E-state index in [0.29, 0.717) is 6.04 Å². The summed E-state index contributed by atoms with van der Waals surface area (Å²) in [5, 5.41) is 3.39. The average Bonchev–Trinajstić information content (AvgIpc) is 1.99. The van der Waals surface area contributed by atoms with Crippen molar-refractivity contribution in [3.63, 3.8) is 0 Å². The quantitative estimate of drug-likeness (QED) is 0.630. The van der Waals surface area contributed by atoms with Gasteiger partial charge in [-0.1, -0.05) is 30.4 Å². The number of para-hydroxylation sites is 1. The third-order valence-corrected chi connectivity index (χ3v) is 1.88. The van der Waals surface area contributed by atoms with Gasteiger partial charge in [-0.25, -0.2) is 0 Å². The van der Waals surface area contributed by atoms with Gasteiger partial charge in [-0.05, 0) is 18.6 Å². The van der Waals surface area contributed by atoms with Crippen LogP contribution in [-0.4, -0.2) is 6.04 Å². The molecule has 1 aromatic carbocycles. The third-order valence-electron chi connectivity index (χ3n) is 1.88. The van der Waals surface area contributed by atoms with Gasteiger partial charge in [0.2, 0.25) is 0 Å². The van der Waals surface area contributed by atoms with Crippen LogP contribution in [0.3, 0.4) is 0 Å². The standard InChI is InChI=1S/C10H11N/c1-2-5-9(6-3-1)11-10-7-4-8-10/h1-7,10-11H,8H2. The molecule has 1 unspecified atom stereocenters. The molecule has 0 saturated carbocycles. The molecule has 1 N–H and O–H groups in total. The normalized spacial score (nSPS) is 20.9. The van der Waals surface area contributed by atoms with Gasteiger partial charge in [-0.2, -0.15) is 0 Å². The van der Waals surface area contributed by atoms with E-state index in [2.05, 4.69) is 29.6 Å². The fourth-order valence-corrected chi connectivity index (χ4v) is 1.13. The van der Waals surface area contributed by atoms with Gasteiger partial charge in [0.1, 0.15) is 0 Å². The maximum atomic E-state index is 3.39. The van der Waals surface area contributed by atoms with Gasteiger partial charge in [-0.15, -0.1) is 0 Å². The Morgan fingerprint density at radius 2 is 1.91 bits per heavy atom. The van der Waals surface area contributed by atoms with Crippen LogP contribution in [0.1, 0.15) is 6.42 Å². The molecule has 1 atom stereocenters. The molecule has 0 fully saturated rings. The molecule has 56 valence electrons. The fourth-order valence-electron chi connectivity index (χ4n) is 1.13. The lowest BCUT2D eigenvalue weighted by Crippen LogP contribution is -2.20. The number of rotatable bonds is 2. The maximum Gasteiger partial charge on any atom is 0.0478 e. The minimum atomic E-state index is 0.567. The lowest BCUT2D eigenvalue weighted by atomic mass is 10.0. The van der Waals surface area contributed by atoms with Crippen molar-refractivity contribution in [2.45, 2.75) is 12.5 Å². The van der Waals surface area contributed by atoms with Crippen LogP contribution in [0, 0.1) is 0 Å². The molecule has 0 aliphatic heterocycles. The molecule has 0 spiro atoms. The first-order valence-electron chi connectivity index (χ1n) is 3.93. The Balaban J connectivity index is 2.01. The Kier molecular flexibility index (Phi) is 1.64. The number of hydrogen-bond donors (Lipinski definition) is 1. The number of nitrogens with one attached hydrogen (secondary N) is 1. The predicted octanol–water partition coefficient (Wildman–Crippen LogP) is 2.43. The van der Waals surface area contributed by atoms with Crippen molar-refractivity contribution in [1.29, 1.82) is 0 Å². The Morgan fingerprint density at radius 3 is 2.45 bits per heavy atom. The second kappa shape index (κ2) is 2.79. The van der Waals surface area contributed by atoms with Gasteiger partial charge < -0.3 is 5.32 Å². The molecular weight excluding hydrogens is 134 g/mol. The minimum absolute atomic E-state index is 0.567. The smallest absolute Gasteiger partial charge is 0.0478 e. The highest BCUT2D eigenvalue weighted by atomic mass is 14.9. The van der Waals surface area contributed by atoms with Crippen molar-refractivity contribution in [2.24, 2.45) is 0 Å². The van der Waals surface area contributed by atoms with Gasteiger partial charge in [0, 0.05) is 11.7 Å². The summed E-state index contributed by atoms with van der Waals surface area (Å²) in [6, 6.07) is 10.9. The van der Waals surface area contributed by atoms with Crippen LogP contribution in [0.4, 0.5) is 5.69 Å². The molecular formula is C10H11N. The monoisotopic (exact) mass is 145 g/mol. The van der Waals surface area contributed by atoms with E-state index in [0.717, 1.165) is 6.42 Å². The van der Waals surface area contributed by atoms with Crippen molar-refractivity contribution >= 4 is 5.69 Å². The van der Waals surface area contributed by atoms with E-state index in [9.17, 15) is 0 Å². The molecule has 1 nitrogen and oxygen atoms in total. The molecule has 11 heavy (non-hydrogen) atoms. The van der Waals surface area contributed by atoms with Crippen LogP contribution in [0.25, 0.3) is 0 Å². The number of anilines is 1. The van der Waals surface area contributed by atoms with Crippen molar-refractivity contribution in [3.05, 3.63) is 42.5 Å². The van der Waals surface area contributed by atoms with Crippen LogP contribution in [0.5, 0.6) is 0 Å². The third kappa shape index (κ3) is 1.43. The number of hydrogen-bond acceptors (Lipinski definition) is 1. The Hall–Kier alpha value is -1.24. The summed E-state index contributed by atoms with van der Waals surface area (Å²) in [6.07, 6.45) is 5.53. The SMILES string of the molecule is C1=CC(Nc2ccccc2)C1. The highest BCUT2D eigenvalue weighted by molar-refractivity contribution is 5.45. The molecule has 1 heteroatoms. The lowest BCUT2D eigenvalue weighted by Gasteiger charge is -2.20. The summed E-state index contributed by atoms with van der Waals surface area (Å²) >= 11 is 0. The van der Waals surface area contributed by atoms with E-state index in [1.165, 1.54) is 5.69 Å². The zero-order valence-electron chi connectivity index (χ0n) is 6.33. The summed E-state index contributed by atoms with van der Waals surface area (Å²) in [5.74, 6) is 0. The summed E-state index contributed by atoms with van der Waals surface area (Å²) in [6.45, 7) is 0. The lowest BCUT2D eigenvalue weighted by molar-refractivity contribution is 0.824. The largest absolute Gasteiger partial charge is 0.379 e. The van der Waals surface area contributed by atoms with Crippen LogP contribution < -0.4 is 5.32 Å². The maximum absolute atomic E-state index is 3.39. The predicted molar refractivity (Wildman–Crippen MR) is 47.6 cm³/mol. The van der Waals surface area contributed by atoms with Gasteiger partial charge in [0.25, 0.3) is 0 Å². The summed E-state index contributed by atoms with van der Waals surface area (Å²) in [7, 11) is 0. The topological polar surface area (TPSA) is 12.0 Å². The summed E-state index contributed by atoms with van der Waals surface area (Å²) in [5.41, 5.74) is 1.21. The van der Waals surface area contributed by atoms with Gasteiger partial charge in [0.15, 0.2) is 0 Å². The van der Waals surface area contributed by atoms with E-state index in [4.69, 9.17) is 0 Å². The molecule has 1 aliphatic rings. The Morgan fingerprint density at radius 1 is 1.18 bits per heavy atom. The van der Waals surface area contributed by atoms with Crippen LogP contribution in [-0.2, 0) is 0 Å². The van der Waals surface area contributed by atoms with E-state index in [1.54, 1.807) is 0 Å². The first-order valence-corrected chi connectivity index (χ1v) is 3.93. The summed E-state index contributed by atoms with van der Waals surface area (Å²) in [4.78, 5) is 0. The van der Waals surface area contributed by atoms with Crippen LogP contribution in [0.2, 0.25) is 0 Å². The molecule has 1 aromatic rings. The van der Waals surface area contributed by atoms with E-state index >= 15 is 0 Å². The Bertz CT molecular complexity index is 251. The highest BCUT2D eigenvalue weighted by Gasteiger charge is 2.07. The van der Waals surface area contributed by atoms with Crippen LogP contribution >= 0.6 is 0 Å². The van der Waals surface area contributed by atoms with E-state index in [1.807, 2.05) is 18.2 Å². The van der Waals surface area contributed by atoms with Crippen molar-refractivity contribution in [3.8, 4) is 0 Å². The second-order valence-corrected chi connectivity index (χ2v) is 2.78. The van der Waals surface area contributed by atoms with E-state index in [-0.39, 0.29) is 0 Å². The van der Waals surface area contributed by atoms with Crippen LogP contribution in [0.15, 0.2) is 42.5 Å². The molecule has 2 rings (SSSR count). The van der Waals surface area contributed by atoms with E-state index < -0.39 is 0 Å². The zero-order valence-corrected chi connectivity index (χ0v) is 6.33. The molecule has 0 heterocycles. The summed E-state index contributed by atoms with van der Waals surface area (Å²) < 4.78 is 0. The highest BCUT2D eigenvalue weighted by Crippen LogP contribution is 2.14. The van der Waals surface area contributed by atoms with Crippen molar-refractivity contribution < 1.29 is 0 Å². The van der Waals surface area contributed by atoms with Gasteiger partial charge in [0.05, 0.1) is 0 Å². The minimum Gasteiger partial charge on any atom is -0.379 e. The molecule has 0 saturated heterocycles. The van der Waals surface area contributed by atoms with Crippen molar-refractivity contribution in [2.75, 3.05) is 5.32 Å². The molecule has 0 aromatic heterocycles. The first kappa shape index (κ1) is 6.47. The second-order valence-electron chi connectivity index (χ2n) is 2.78. The number of benzene rings is 1. The molecule has 0 bridgehead atoms. The van der Waals surface area contributed by atoms with Gasteiger partial charge >= 0.3 is 0 Å². The molecule has 1 aliphatic carbocycles. The fraction of sp³-hybridized carbons (Fsp3) is 0.200. The Labute approximate surface area is 66.7 Å². The average molecular weight is 145 g/mol. The molecule has 0 radical (unpaired) electrons. The zero-order chi connectivity index (χ0) is 7.52.